The van der Waals surface area contributed by atoms with E-state index in [-0.39, 0.29) is 11.8 Å². The second kappa shape index (κ2) is 7.38. The highest BCUT2D eigenvalue weighted by Gasteiger charge is 2.27. The van der Waals surface area contributed by atoms with Crippen molar-refractivity contribution in [3.63, 3.8) is 0 Å². The van der Waals surface area contributed by atoms with Gasteiger partial charge in [-0.3, -0.25) is 9.59 Å². The van der Waals surface area contributed by atoms with E-state index < -0.39 is 6.10 Å². The SMILES string of the molecule is CC(C)c1ccc(C(=O)NCCC2Oc3ccccc3NC2=O)cc1. The van der Waals surface area contributed by atoms with Crippen LogP contribution in [0.2, 0.25) is 0 Å². The minimum atomic E-state index is -0.599. The molecule has 0 fully saturated rings. The van der Waals surface area contributed by atoms with Crippen molar-refractivity contribution in [3.8, 4) is 5.75 Å². The zero-order chi connectivity index (χ0) is 17.8. The maximum atomic E-state index is 12.2. The average Bonchev–Trinajstić information content (AvgIpc) is 2.62. The van der Waals surface area contributed by atoms with E-state index in [1.54, 1.807) is 6.07 Å². The molecular weight excluding hydrogens is 316 g/mol. The zero-order valence-corrected chi connectivity index (χ0v) is 14.4. The molecule has 2 aromatic rings. The van der Waals surface area contributed by atoms with E-state index in [4.69, 9.17) is 4.74 Å². The molecule has 0 aromatic heterocycles. The molecule has 2 aromatic carbocycles. The topological polar surface area (TPSA) is 67.4 Å². The van der Waals surface area contributed by atoms with Gasteiger partial charge >= 0.3 is 0 Å². The summed E-state index contributed by atoms with van der Waals surface area (Å²) in [4.78, 5) is 24.3. The number of rotatable bonds is 5. The first-order valence-electron chi connectivity index (χ1n) is 8.49. The molecule has 1 atom stereocenters. The molecule has 0 radical (unpaired) electrons. The summed E-state index contributed by atoms with van der Waals surface area (Å²) in [6.07, 6.45) is -0.186. The molecule has 0 saturated carbocycles. The molecule has 0 aliphatic carbocycles. The average molecular weight is 338 g/mol. The third kappa shape index (κ3) is 3.99. The third-order valence-electron chi connectivity index (χ3n) is 4.24. The minimum Gasteiger partial charge on any atom is -0.478 e. The summed E-state index contributed by atoms with van der Waals surface area (Å²) in [5, 5.41) is 5.66. The van der Waals surface area contributed by atoms with Crippen LogP contribution in [0, 0.1) is 0 Å². The molecule has 1 aliphatic rings. The Morgan fingerprint density at radius 2 is 1.88 bits per heavy atom. The van der Waals surface area contributed by atoms with Gasteiger partial charge in [-0.1, -0.05) is 38.1 Å². The fourth-order valence-corrected chi connectivity index (χ4v) is 2.72. The Morgan fingerprint density at radius 3 is 2.60 bits per heavy atom. The standard InChI is InChI=1S/C20H22N2O3/c1-13(2)14-7-9-15(10-8-14)19(23)21-12-11-18-20(24)22-16-5-3-4-6-17(16)25-18/h3-10,13,18H,11-12H2,1-2H3,(H,21,23)(H,22,24). The van der Waals surface area contributed by atoms with Crippen molar-refractivity contribution < 1.29 is 14.3 Å². The lowest BCUT2D eigenvalue weighted by Crippen LogP contribution is -2.39. The lowest BCUT2D eigenvalue weighted by molar-refractivity contribution is -0.123. The van der Waals surface area contributed by atoms with Crippen molar-refractivity contribution in [2.24, 2.45) is 0 Å². The number of anilines is 1. The highest BCUT2D eigenvalue weighted by molar-refractivity contribution is 5.98. The smallest absolute Gasteiger partial charge is 0.265 e. The number of hydrogen-bond acceptors (Lipinski definition) is 3. The molecule has 5 nitrogen and oxygen atoms in total. The number of ether oxygens (including phenoxy) is 1. The lowest BCUT2D eigenvalue weighted by atomic mass is 10.0. The lowest BCUT2D eigenvalue weighted by Gasteiger charge is -2.25. The molecule has 130 valence electrons. The van der Waals surface area contributed by atoms with E-state index in [9.17, 15) is 9.59 Å². The first-order chi connectivity index (χ1) is 12.0. The number of hydrogen-bond donors (Lipinski definition) is 2. The Kier molecular flexibility index (Phi) is 5.03. The van der Waals surface area contributed by atoms with Gasteiger partial charge in [-0.25, -0.2) is 0 Å². The maximum Gasteiger partial charge on any atom is 0.265 e. The molecule has 2 N–H and O–H groups in total. The Balaban J connectivity index is 1.52. The molecular formula is C20H22N2O3. The van der Waals surface area contributed by atoms with E-state index in [0.29, 0.717) is 35.9 Å². The third-order valence-corrected chi connectivity index (χ3v) is 4.24. The van der Waals surface area contributed by atoms with Crippen molar-refractivity contribution in [1.29, 1.82) is 0 Å². The van der Waals surface area contributed by atoms with Gasteiger partial charge in [0.25, 0.3) is 11.8 Å². The van der Waals surface area contributed by atoms with Crippen LogP contribution in [0.15, 0.2) is 48.5 Å². The molecule has 1 aliphatic heterocycles. The highest BCUT2D eigenvalue weighted by Crippen LogP contribution is 2.29. The van der Waals surface area contributed by atoms with E-state index in [2.05, 4.69) is 24.5 Å². The Hall–Kier alpha value is -2.82. The fraction of sp³-hybridized carbons (Fsp3) is 0.300. The first-order valence-corrected chi connectivity index (χ1v) is 8.49. The maximum absolute atomic E-state index is 12.2. The van der Waals surface area contributed by atoms with Gasteiger partial charge in [0.2, 0.25) is 0 Å². The Morgan fingerprint density at radius 1 is 1.16 bits per heavy atom. The largest absolute Gasteiger partial charge is 0.478 e. The molecule has 2 amide bonds. The van der Waals surface area contributed by atoms with Crippen LogP contribution in [-0.2, 0) is 4.79 Å². The van der Waals surface area contributed by atoms with Crippen LogP contribution < -0.4 is 15.4 Å². The molecule has 1 heterocycles. The molecule has 0 saturated heterocycles. The van der Waals surface area contributed by atoms with E-state index in [1.165, 1.54) is 5.56 Å². The number of benzene rings is 2. The van der Waals surface area contributed by atoms with Gasteiger partial charge in [0.05, 0.1) is 5.69 Å². The monoisotopic (exact) mass is 338 g/mol. The zero-order valence-electron chi connectivity index (χ0n) is 14.4. The number of nitrogens with one attached hydrogen (secondary N) is 2. The summed E-state index contributed by atoms with van der Waals surface area (Å²) in [7, 11) is 0. The van der Waals surface area contributed by atoms with Crippen molar-refractivity contribution in [2.45, 2.75) is 32.3 Å². The van der Waals surface area contributed by atoms with Gasteiger partial charge in [0, 0.05) is 18.5 Å². The van der Waals surface area contributed by atoms with Gasteiger partial charge in [-0.05, 0) is 35.7 Å². The van der Waals surface area contributed by atoms with Crippen molar-refractivity contribution >= 4 is 17.5 Å². The Labute approximate surface area is 147 Å². The van der Waals surface area contributed by atoms with Crippen molar-refractivity contribution in [1.82, 2.24) is 5.32 Å². The molecule has 1 unspecified atom stereocenters. The van der Waals surface area contributed by atoms with Crippen LogP contribution in [0.4, 0.5) is 5.69 Å². The summed E-state index contributed by atoms with van der Waals surface area (Å²) in [5.41, 5.74) is 2.49. The number of carbonyl (C=O) groups excluding carboxylic acids is 2. The quantitative estimate of drug-likeness (QED) is 0.879. The Bertz CT molecular complexity index is 769. The van der Waals surface area contributed by atoms with Gasteiger partial charge < -0.3 is 15.4 Å². The highest BCUT2D eigenvalue weighted by atomic mass is 16.5. The van der Waals surface area contributed by atoms with Crippen LogP contribution in [0.5, 0.6) is 5.75 Å². The summed E-state index contributed by atoms with van der Waals surface area (Å²) in [6, 6.07) is 14.9. The number of para-hydroxylation sites is 2. The molecule has 25 heavy (non-hydrogen) atoms. The normalized spacial score (nSPS) is 16.0. The minimum absolute atomic E-state index is 0.146. The predicted molar refractivity (Wildman–Crippen MR) is 97.0 cm³/mol. The molecule has 0 bridgehead atoms. The van der Waals surface area contributed by atoms with Crippen LogP contribution in [0.3, 0.4) is 0 Å². The van der Waals surface area contributed by atoms with Crippen LogP contribution in [0.1, 0.15) is 42.1 Å². The first kappa shape index (κ1) is 17.0. The molecule has 3 rings (SSSR count). The number of carbonyl (C=O) groups is 2. The van der Waals surface area contributed by atoms with Crippen LogP contribution in [0.25, 0.3) is 0 Å². The second-order valence-electron chi connectivity index (χ2n) is 6.41. The van der Waals surface area contributed by atoms with Crippen molar-refractivity contribution in [2.75, 3.05) is 11.9 Å². The van der Waals surface area contributed by atoms with Crippen LogP contribution >= 0.6 is 0 Å². The predicted octanol–water partition coefficient (Wildman–Crippen LogP) is 3.33. The van der Waals surface area contributed by atoms with Gasteiger partial charge in [0.1, 0.15) is 5.75 Å². The number of amides is 2. The summed E-state index contributed by atoms with van der Waals surface area (Å²) in [5.74, 6) is 0.755. The molecule has 0 spiro atoms. The van der Waals surface area contributed by atoms with Crippen LogP contribution in [-0.4, -0.2) is 24.5 Å². The summed E-state index contributed by atoms with van der Waals surface area (Å²) >= 11 is 0. The van der Waals surface area contributed by atoms with E-state index >= 15 is 0 Å². The van der Waals surface area contributed by atoms with Crippen molar-refractivity contribution in [3.05, 3.63) is 59.7 Å². The second-order valence-corrected chi connectivity index (χ2v) is 6.41. The fourth-order valence-electron chi connectivity index (χ4n) is 2.72. The number of fused-ring (bicyclic) bond motifs is 1. The molecule has 5 heteroatoms. The van der Waals surface area contributed by atoms with Gasteiger partial charge in [-0.15, -0.1) is 0 Å². The van der Waals surface area contributed by atoms with E-state index in [1.807, 2.05) is 42.5 Å². The van der Waals surface area contributed by atoms with Gasteiger partial charge in [0.15, 0.2) is 6.10 Å². The summed E-state index contributed by atoms with van der Waals surface area (Å²) in [6.45, 7) is 4.59. The summed E-state index contributed by atoms with van der Waals surface area (Å²) < 4.78 is 5.71. The van der Waals surface area contributed by atoms with E-state index in [0.717, 1.165) is 0 Å². The van der Waals surface area contributed by atoms with Gasteiger partial charge in [-0.2, -0.15) is 0 Å².